The van der Waals surface area contributed by atoms with Crippen LogP contribution in [0.3, 0.4) is 0 Å². The van der Waals surface area contributed by atoms with E-state index in [0.717, 1.165) is 24.5 Å². The molecule has 1 aromatic rings. The van der Waals surface area contributed by atoms with Gasteiger partial charge in [-0.25, -0.2) is 4.98 Å². The topological polar surface area (TPSA) is 80.7 Å². The molecule has 2 rings (SSSR count). The predicted octanol–water partition coefficient (Wildman–Crippen LogP) is 2.38. The van der Waals surface area contributed by atoms with E-state index in [1.807, 2.05) is 6.07 Å². The molecule has 0 aromatic carbocycles. The number of nitrogens with two attached hydrogens (primary N) is 1. The first kappa shape index (κ1) is 13.6. The molecule has 3 unspecified atom stereocenters. The Labute approximate surface area is 113 Å². The first-order valence-corrected chi connectivity index (χ1v) is 6.70. The second kappa shape index (κ2) is 5.91. The molecule has 3 atom stereocenters. The third-order valence-electron chi connectivity index (χ3n) is 3.96. The minimum atomic E-state index is 0.00617. The lowest BCUT2D eigenvalue weighted by Gasteiger charge is -2.32. The van der Waals surface area contributed by atoms with E-state index in [0.29, 0.717) is 11.6 Å². The quantitative estimate of drug-likeness (QED) is 0.380. The van der Waals surface area contributed by atoms with E-state index >= 15 is 0 Å². The van der Waals surface area contributed by atoms with Gasteiger partial charge in [0.25, 0.3) is 0 Å². The molecule has 0 bridgehead atoms. The number of ether oxygens (including phenoxy) is 1. The van der Waals surface area contributed by atoms with E-state index in [4.69, 9.17) is 15.7 Å². The van der Waals surface area contributed by atoms with Crippen LogP contribution in [-0.2, 0) is 0 Å². The highest BCUT2D eigenvalue weighted by molar-refractivity contribution is 5.95. The van der Waals surface area contributed by atoms with E-state index in [9.17, 15) is 0 Å². The fourth-order valence-corrected chi connectivity index (χ4v) is 2.45. The van der Waals surface area contributed by atoms with Gasteiger partial charge in [0, 0.05) is 0 Å². The van der Waals surface area contributed by atoms with Crippen molar-refractivity contribution in [1.82, 2.24) is 4.98 Å². The number of hydrogen-bond acceptors (Lipinski definition) is 4. The molecule has 1 saturated carbocycles. The van der Waals surface area contributed by atoms with E-state index in [1.165, 1.54) is 6.42 Å². The zero-order chi connectivity index (χ0) is 13.8. The van der Waals surface area contributed by atoms with Crippen molar-refractivity contribution in [3.8, 4) is 5.75 Å². The van der Waals surface area contributed by atoms with Crippen molar-refractivity contribution in [2.45, 2.75) is 39.2 Å². The highest BCUT2D eigenvalue weighted by Crippen LogP contribution is 2.31. The molecule has 1 heterocycles. The summed E-state index contributed by atoms with van der Waals surface area (Å²) in [6.07, 6.45) is 5.27. The van der Waals surface area contributed by atoms with Crippen LogP contribution in [0.5, 0.6) is 5.75 Å². The largest absolute Gasteiger partial charge is 0.489 e. The van der Waals surface area contributed by atoms with Crippen LogP contribution < -0.4 is 10.5 Å². The molecule has 0 spiro atoms. The van der Waals surface area contributed by atoms with Crippen LogP contribution in [0.4, 0.5) is 0 Å². The molecule has 1 aliphatic carbocycles. The Morgan fingerprint density at radius 1 is 1.37 bits per heavy atom. The molecule has 1 aromatic heterocycles. The Balaban J connectivity index is 1.96. The minimum absolute atomic E-state index is 0.00617. The molecule has 0 aliphatic heterocycles. The van der Waals surface area contributed by atoms with Crippen LogP contribution in [0, 0.1) is 11.8 Å². The van der Waals surface area contributed by atoms with Crippen LogP contribution >= 0.6 is 0 Å². The second-order valence-electron chi connectivity index (χ2n) is 5.37. The predicted molar refractivity (Wildman–Crippen MR) is 73.3 cm³/mol. The summed E-state index contributed by atoms with van der Waals surface area (Å²) in [5, 5.41) is 11.5. The Kier molecular flexibility index (Phi) is 4.24. The summed E-state index contributed by atoms with van der Waals surface area (Å²) < 4.78 is 5.94. The van der Waals surface area contributed by atoms with Crippen LogP contribution in [0.25, 0.3) is 0 Å². The van der Waals surface area contributed by atoms with Gasteiger partial charge in [0.1, 0.15) is 11.4 Å². The van der Waals surface area contributed by atoms with Gasteiger partial charge in [-0.15, -0.1) is 0 Å². The maximum Gasteiger partial charge on any atom is 0.188 e. The number of amidine groups is 1. The van der Waals surface area contributed by atoms with Crippen LogP contribution in [0.1, 0.15) is 38.8 Å². The van der Waals surface area contributed by atoms with Crippen molar-refractivity contribution >= 4 is 5.84 Å². The summed E-state index contributed by atoms with van der Waals surface area (Å²) in [6, 6.07) is 3.50. The standard InChI is InChI=1S/C14H21N3O2/c1-9-3-4-11(7-10(9)2)19-12-5-6-13(16-8-12)14(15)17-18/h5-6,8-11,18H,3-4,7H2,1-2H3,(H2,15,17). The van der Waals surface area contributed by atoms with E-state index in [1.54, 1.807) is 12.3 Å². The van der Waals surface area contributed by atoms with Crippen LogP contribution in [0.2, 0.25) is 0 Å². The number of hydrogen-bond donors (Lipinski definition) is 2. The summed E-state index contributed by atoms with van der Waals surface area (Å²) >= 11 is 0. The van der Waals surface area contributed by atoms with Crippen molar-refractivity contribution in [3.05, 3.63) is 24.0 Å². The number of aromatic nitrogens is 1. The Hall–Kier alpha value is -1.78. The molecule has 0 radical (unpaired) electrons. The molecule has 0 amide bonds. The summed E-state index contributed by atoms with van der Waals surface area (Å²) in [4.78, 5) is 4.11. The molecule has 19 heavy (non-hydrogen) atoms. The molecule has 0 saturated heterocycles. The maximum absolute atomic E-state index is 8.56. The first-order valence-electron chi connectivity index (χ1n) is 6.70. The van der Waals surface area contributed by atoms with E-state index in [2.05, 4.69) is 24.0 Å². The SMILES string of the molecule is CC1CCC(Oc2ccc(/C(N)=N/O)nc2)CC1C. The van der Waals surface area contributed by atoms with Gasteiger partial charge in [-0.2, -0.15) is 0 Å². The van der Waals surface area contributed by atoms with Gasteiger partial charge in [0.15, 0.2) is 5.84 Å². The van der Waals surface area contributed by atoms with Gasteiger partial charge in [0.2, 0.25) is 0 Å². The maximum atomic E-state index is 8.56. The van der Waals surface area contributed by atoms with Gasteiger partial charge < -0.3 is 15.7 Å². The summed E-state index contributed by atoms with van der Waals surface area (Å²) in [6.45, 7) is 4.58. The van der Waals surface area contributed by atoms with Gasteiger partial charge in [-0.05, 0) is 43.2 Å². The van der Waals surface area contributed by atoms with Crippen molar-refractivity contribution in [3.63, 3.8) is 0 Å². The molecule has 5 heteroatoms. The van der Waals surface area contributed by atoms with Gasteiger partial charge >= 0.3 is 0 Å². The van der Waals surface area contributed by atoms with Crippen LogP contribution in [-0.4, -0.2) is 22.1 Å². The number of pyridine rings is 1. The highest BCUT2D eigenvalue weighted by Gasteiger charge is 2.25. The van der Waals surface area contributed by atoms with Crippen molar-refractivity contribution in [1.29, 1.82) is 0 Å². The lowest BCUT2D eigenvalue weighted by atomic mass is 9.80. The zero-order valence-electron chi connectivity index (χ0n) is 11.4. The Morgan fingerprint density at radius 2 is 2.16 bits per heavy atom. The molecule has 104 valence electrons. The minimum Gasteiger partial charge on any atom is -0.489 e. The lowest BCUT2D eigenvalue weighted by Crippen LogP contribution is -2.28. The average molecular weight is 263 g/mol. The molecule has 1 fully saturated rings. The average Bonchev–Trinajstić information content (AvgIpc) is 2.43. The lowest BCUT2D eigenvalue weighted by molar-refractivity contribution is 0.100. The number of oxime groups is 1. The molecule has 3 N–H and O–H groups in total. The second-order valence-corrected chi connectivity index (χ2v) is 5.37. The smallest absolute Gasteiger partial charge is 0.188 e. The van der Waals surface area contributed by atoms with Gasteiger partial charge in [0.05, 0.1) is 12.3 Å². The first-order chi connectivity index (χ1) is 9.10. The molecule has 1 aliphatic rings. The molecule has 5 nitrogen and oxygen atoms in total. The van der Waals surface area contributed by atoms with Crippen molar-refractivity contribution in [2.75, 3.05) is 0 Å². The number of rotatable bonds is 3. The fourth-order valence-electron chi connectivity index (χ4n) is 2.45. The van der Waals surface area contributed by atoms with Crippen molar-refractivity contribution < 1.29 is 9.94 Å². The Bertz CT molecular complexity index is 445. The molecular weight excluding hydrogens is 242 g/mol. The van der Waals surface area contributed by atoms with Gasteiger partial charge in [-0.1, -0.05) is 19.0 Å². The van der Waals surface area contributed by atoms with Crippen molar-refractivity contribution in [2.24, 2.45) is 22.7 Å². The fraction of sp³-hybridized carbons (Fsp3) is 0.571. The third-order valence-corrected chi connectivity index (χ3v) is 3.96. The zero-order valence-corrected chi connectivity index (χ0v) is 11.4. The van der Waals surface area contributed by atoms with Gasteiger partial charge in [-0.3, -0.25) is 0 Å². The molecular formula is C14H21N3O2. The third kappa shape index (κ3) is 3.36. The monoisotopic (exact) mass is 263 g/mol. The van der Waals surface area contributed by atoms with E-state index in [-0.39, 0.29) is 11.9 Å². The van der Waals surface area contributed by atoms with Crippen LogP contribution in [0.15, 0.2) is 23.5 Å². The summed E-state index contributed by atoms with van der Waals surface area (Å²) in [5.41, 5.74) is 5.90. The summed E-state index contributed by atoms with van der Waals surface area (Å²) in [5.74, 6) is 2.22. The number of nitrogens with zero attached hydrogens (tertiary/aromatic N) is 2. The normalized spacial score (nSPS) is 28.1. The Morgan fingerprint density at radius 3 is 2.74 bits per heavy atom. The summed E-state index contributed by atoms with van der Waals surface area (Å²) in [7, 11) is 0. The van der Waals surface area contributed by atoms with E-state index < -0.39 is 0 Å². The highest BCUT2D eigenvalue weighted by atomic mass is 16.5.